The third-order valence-corrected chi connectivity index (χ3v) is 5.47. The Bertz CT molecular complexity index is 489. The van der Waals surface area contributed by atoms with E-state index in [1.807, 2.05) is 0 Å². The topological polar surface area (TPSA) is 55.2 Å². The predicted molar refractivity (Wildman–Crippen MR) is 72.0 cm³/mol. The number of aromatic nitrogens is 2. The summed E-state index contributed by atoms with van der Waals surface area (Å²) in [6.45, 7) is 0. The number of hydrogen-bond acceptors (Lipinski definition) is 3. The van der Waals surface area contributed by atoms with E-state index in [-0.39, 0.29) is 5.75 Å². The van der Waals surface area contributed by atoms with Gasteiger partial charge in [-0.15, -0.1) is 0 Å². The molecule has 0 unspecified atom stereocenters. The van der Waals surface area contributed by atoms with Crippen molar-refractivity contribution < 1.29 is 8.42 Å². The molecule has 0 bridgehead atoms. The van der Waals surface area contributed by atoms with Gasteiger partial charge >= 0.3 is 0 Å². The fourth-order valence-corrected chi connectivity index (χ4v) is 3.75. The van der Waals surface area contributed by atoms with E-state index in [1.165, 1.54) is 30.0 Å². The second kappa shape index (κ2) is 5.30. The molecule has 1 heterocycles. The van der Waals surface area contributed by atoms with E-state index < -0.39 is 10.0 Å². The summed E-state index contributed by atoms with van der Waals surface area (Å²) in [5.41, 5.74) is 0. The van der Waals surface area contributed by atoms with Crippen molar-refractivity contribution in [2.45, 2.75) is 32.1 Å². The van der Waals surface area contributed by atoms with E-state index in [1.54, 1.807) is 31.0 Å². The van der Waals surface area contributed by atoms with Gasteiger partial charge in [-0.1, -0.05) is 25.7 Å². The van der Waals surface area contributed by atoms with Crippen LogP contribution in [-0.4, -0.2) is 31.0 Å². The third-order valence-electron chi connectivity index (χ3n) is 3.70. The van der Waals surface area contributed by atoms with Crippen LogP contribution in [0, 0.1) is 5.92 Å². The van der Waals surface area contributed by atoms with Crippen molar-refractivity contribution >= 4 is 15.8 Å². The molecule has 0 atom stereocenters. The van der Waals surface area contributed by atoms with Crippen LogP contribution in [0.5, 0.6) is 0 Å². The fraction of sp³-hybridized carbons (Fsp3) is 0.750. The summed E-state index contributed by atoms with van der Waals surface area (Å²) in [4.78, 5) is 0. The van der Waals surface area contributed by atoms with Crippen molar-refractivity contribution in [3.8, 4) is 0 Å². The van der Waals surface area contributed by atoms with Gasteiger partial charge in [0, 0.05) is 26.4 Å². The molecule has 0 aliphatic heterocycles. The average Bonchev–Trinajstić information content (AvgIpc) is 2.96. The summed E-state index contributed by atoms with van der Waals surface area (Å²) >= 11 is 0. The van der Waals surface area contributed by atoms with Crippen molar-refractivity contribution in [1.29, 1.82) is 0 Å². The zero-order valence-corrected chi connectivity index (χ0v) is 11.9. The largest absolute Gasteiger partial charge is 0.274 e. The van der Waals surface area contributed by atoms with Crippen LogP contribution in [0.1, 0.15) is 32.1 Å². The van der Waals surface area contributed by atoms with Crippen LogP contribution in [0.3, 0.4) is 0 Å². The number of hydrogen-bond donors (Lipinski definition) is 0. The summed E-state index contributed by atoms with van der Waals surface area (Å²) in [7, 11) is 0.126. The Hall–Kier alpha value is -1.04. The highest BCUT2D eigenvalue weighted by atomic mass is 32.2. The Morgan fingerprint density at radius 3 is 2.67 bits per heavy atom. The monoisotopic (exact) mass is 271 g/mol. The Morgan fingerprint density at radius 2 is 2.11 bits per heavy atom. The summed E-state index contributed by atoms with van der Waals surface area (Å²) in [6, 6.07) is 1.72. The minimum Gasteiger partial charge on any atom is -0.274 e. The highest BCUT2D eigenvalue weighted by Gasteiger charge is 2.23. The molecule has 1 aromatic heterocycles. The highest BCUT2D eigenvalue weighted by molar-refractivity contribution is 7.92. The molecule has 0 radical (unpaired) electrons. The van der Waals surface area contributed by atoms with E-state index in [4.69, 9.17) is 0 Å². The Labute approximate surface area is 109 Å². The normalized spacial score (nSPS) is 17.2. The van der Waals surface area contributed by atoms with Gasteiger partial charge < -0.3 is 0 Å². The molecule has 1 aliphatic carbocycles. The molecule has 6 heteroatoms. The number of rotatable bonds is 5. The lowest BCUT2D eigenvalue weighted by molar-refractivity contribution is 0.520. The maximum absolute atomic E-state index is 12.2. The molecule has 18 heavy (non-hydrogen) atoms. The smallest absolute Gasteiger partial charge is 0.236 e. The Morgan fingerprint density at radius 1 is 1.44 bits per heavy atom. The van der Waals surface area contributed by atoms with Crippen LogP contribution >= 0.6 is 0 Å². The minimum atomic E-state index is -3.23. The van der Waals surface area contributed by atoms with Crippen molar-refractivity contribution in [2.24, 2.45) is 13.0 Å². The first-order valence-electron chi connectivity index (χ1n) is 6.45. The number of aryl methyl sites for hydroxylation is 1. The predicted octanol–water partition coefficient (Wildman–Crippen LogP) is 1.77. The van der Waals surface area contributed by atoms with Crippen LogP contribution in [0.2, 0.25) is 0 Å². The zero-order valence-electron chi connectivity index (χ0n) is 11.0. The van der Waals surface area contributed by atoms with Crippen LogP contribution in [0.4, 0.5) is 5.82 Å². The molecule has 5 nitrogen and oxygen atoms in total. The van der Waals surface area contributed by atoms with Crippen molar-refractivity contribution in [1.82, 2.24) is 9.78 Å². The van der Waals surface area contributed by atoms with Gasteiger partial charge in [0.2, 0.25) is 10.0 Å². The molecule has 0 saturated heterocycles. The first-order valence-corrected chi connectivity index (χ1v) is 8.06. The molecular formula is C12H21N3O2S. The van der Waals surface area contributed by atoms with E-state index in [2.05, 4.69) is 5.10 Å². The van der Waals surface area contributed by atoms with Gasteiger partial charge in [0.15, 0.2) is 5.82 Å². The molecule has 0 aromatic carbocycles. The number of nitrogens with zero attached hydrogens (tertiary/aromatic N) is 3. The molecule has 1 saturated carbocycles. The maximum atomic E-state index is 12.2. The van der Waals surface area contributed by atoms with Crippen molar-refractivity contribution in [3.63, 3.8) is 0 Å². The second-order valence-corrected chi connectivity index (χ2v) is 7.19. The molecule has 1 fully saturated rings. The summed E-state index contributed by atoms with van der Waals surface area (Å²) in [6.07, 6.45) is 7.39. The van der Waals surface area contributed by atoms with Crippen LogP contribution in [-0.2, 0) is 17.1 Å². The summed E-state index contributed by atoms with van der Waals surface area (Å²) in [5.74, 6) is 1.31. The lowest BCUT2D eigenvalue weighted by Crippen LogP contribution is -2.30. The van der Waals surface area contributed by atoms with E-state index >= 15 is 0 Å². The molecule has 2 rings (SSSR count). The second-order valence-electron chi connectivity index (χ2n) is 5.07. The lowest BCUT2D eigenvalue weighted by Gasteiger charge is -2.18. The van der Waals surface area contributed by atoms with Gasteiger partial charge in [-0.05, 0) is 12.3 Å². The van der Waals surface area contributed by atoms with Crippen LogP contribution < -0.4 is 4.31 Å². The highest BCUT2D eigenvalue weighted by Crippen LogP contribution is 2.28. The third kappa shape index (κ3) is 3.04. The fourth-order valence-electron chi connectivity index (χ4n) is 2.46. The van der Waals surface area contributed by atoms with E-state index in [0.717, 1.165) is 6.42 Å². The van der Waals surface area contributed by atoms with Crippen molar-refractivity contribution in [2.75, 3.05) is 17.1 Å². The van der Waals surface area contributed by atoms with E-state index in [9.17, 15) is 8.42 Å². The molecule has 0 N–H and O–H groups in total. The molecule has 102 valence electrons. The first-order chi connectivity index (χ1) is 8.49. The number of anilines is 1. The van der Waals surface area contributed by atoms with Crippen LogP contribution in [0.25, 0.3) is 0 Å². The SMILES string of the molecule is CN(c1ccn(C)n1)S(=O)(=O)CCC1CCCC1. The standard InChI is InChI=1S/C12H21N3O2S/c1-14-9-7-12(13-14)15(2)18(16,17)10-8-11-5-3-4-6-11/h7,9,11H,3-6,8,10H2,1-2H3. The van der Waals surface area contributed by atoms with Gasteiger partial charge in [-0.25, -0.2) is 8.42 Å². The van der Waals surface area contributed by atoms with Crippen LogP contribution in [0.15, 0.2) is 12.3 Å². The van der Waals surface area contributed by atoms with Gasteiger partial charge in [0.1, 0.15) is 0 Å². The zero-order chi connectivity index (χ0) is 13.2. The summed E-state index contributed by atoms with van der Waals surface area (Å²) < 4.78 is 27.3. The molecule has 1 aliphatic rings. The average molecular weight is 271 g/mol. The quantitative estimate of drug-likeness (QED) is 0.820. The lowest BCUT2D eigenvalue weighted by atomic mass is 10.1. The summed E-state index contributed by atoms with van der Waals surface area (Å²) in [5, 5.41) is 4.12. The Kier molecular flexibility index (Phi) is 3.94. The van der Waals surface area contributed by atoms with Crippen molar-refractivity contribution in [3.05, 3.63) is 12.3 Å². The molecule has 1 aromatic rings. The maximum Gasteiger partial charge on any atom is 0.236 e. The minimum absolute atomic E-state index is 0.227. The van der Waals surface area contributed by atoms with Gasteiger partial charge in [-0.2, -0.15) is 5.10 Å². The van der Waals surface area contributed by atoms with Gasteiger partial charge in [-0.3, -0.25) is 8.99 Å². The van der Waals surface area contributed by atoms with Gasteiger partial charge in [0.05, 0.1) is 5.75 Å². The molecule has 0 amide bonds. The van der Waals surface area contributed by atoms with E-state index in [0.29, 0.717) is 11.7 Å². The number of sulfonamides is 1. The first kappa shape index (κ1) is 13.4. The molecular weight excluding hydrogens is 250 g/mol. The Balaban J connectivity index is 1.97. The van der Waals surface area contributed by atoms with Gasteiger partial charge in [0.25, 0.3) is 0 Å². The molecule has 0 spiro atoms.